The van der Waals surface area contributed by atoms with Gasteiger partial charge < -0.3 is 9.88 Å². The molecule has 0 bridgehead atoms. The number of para-hydroxylation sites is 1. The fourth-order valence-corrected chi connectivity index (χ4v) is 2.76. The second-order valence-electron chi connectivity index (χ2n) is 5.43. The molecule has 3 rings (SSSR count). The first-order valence-electron chi connectivity index (χ1n) is 7.45. The third-order valence-electron chi connectivity index (χ3n) is 3.76. The Morgan fingerprint density at radius 1 is 1.16 bits per heavy atom. The lowest BCUT2D eigenvalue weighted by Gasteiger charge is -2.13. The summed E-state index contributed by atoms with van der Waals surface area (Å²) in [7, 11) is 0. The zero-order chi connectivity index (χ0) is 18.0. The van der Waals surface area contributed by atoms with Crippen molar-refractivity contribution in [2.45, 2.75) is 6.92 Å². The van der Waals surface area contributed by atoms with E-state index in [1.54, 1.807) is 41.8 Å². The minimum Gasteiger partial charge on any atom is -0.322 e. The average molecular weight is 356 g/mol. The molecule has 3 aromatic rings. The monoisotopic (exact) mass is 355 g/mol. The number of benzene rings is 2. The third-order valence-corrected chi connectivity index (χ3v) is 3.99. The Labute approximate surface area is 148 Å². The fraction of sp³-hybridized carbons (Fsp3) is 0.0556. The molecule has 126 valence electrons. The highest BCUT2D eigenvalue weighted by molar-refractivity contribution is 6.31. The minimum absolute atomic E-state index is 0.0124. The number of aryl methyl sites for hydroxylation is 1. The van der Waals surface area contributed by atoms with Crippen LogP contribution in [0.3, 0.4) is 0 Å². The van der Waals surface area contributed by atoms with Crippen molar-refractivity contribution in [1.29, 1.82) is 0 Å². The number of nitro benzene ring substituents is 1. The van der Waals surface area contributed by atoms with Gasteiger partial charge in [-0.1, -0.05) is 23.7 Å². The molecule has 0 spiro atoms. The van der Waals surface area contributed by atoms with Crippen molar-refractivity contribution in [3.63, 3.8) is 0 Å². The minimum atomic E-state index is -0.550. The van der Waals surface area contributed by atoms with Crippen molar-refractivity contribution in [2.75, 3.05) is 5.32 Å². The molecule has 0 aliphatic rings. The molecule has 25 heavy (non-hydrogen) atoms. The molecular formula is C18H14ClN3O3. The molecule has 0 unspecified atom stereocenters. The number of rotatable bonds is 4. The van der Waals surface area contributed by atoms with Crippen LogP contribution < -0.4 is 5.32 Å². The van der Waals surface area contributed by atoms with Crippen LogP contribution in [0.1, 0.15) is 15.9 Å². The summed E-state index contributed by atoms with van der Waals surface area (Å²) in [5.74, 6) is -0.550. The molecule has 0 atom stereocenters. The highest BCUT2D eigenvalue weighted by Gasteiger charge is 2.23. The number of carbonyl (C=O) groups excluding carboxylic acids is 1. The molecule has 1 N–H and O–H groups in total. The van der Waals surface area contributed by atoms with Crippen LogP contribution in [0, 0.1) is 17.0 Å². The average Bonchev–Trinajstić information content (AvgIpc) is 3.10. The van der Waals surface area contributed by atoms with E-state index in [9.17, 15) is 14.9 Å². The van der Waals surface area contributed by atoms with Crippen molar-refractivity contribution >= 4 is 28.9 Å². The van der Waals surface area contributed by atoms with E-state index < -0.39 is 10.8 Å². The van der Waals surface area contributed by atoms with Gasteiger partial charge in [-0.2, -0.15) is 0 Å². The molecule has 1 heterocycles. The van der Waals surface area contributed by atoms with E-state index in [1.165, 1.54) is 6.07 Å². The van der Waals surface area contributed by atoms with Crippen LogP contribution in [0.4, 0.5) is 11.4 Å². The number of halogens is 1. The van der Waals surface area contributed by atoms with Gasteiger partial charge in [0.2, 0.25) is 0 Å². The Bertz CT molecular complexity index is 952. The number of aromatic nitrogens is 1. The standard InChI is InChI=1S/C18H14ClN3O3/c1-12-5-4-6-14(17(12)22(24)25)18(23)20-15-8-7-13(19)11-16(15)21-9-2-3-10-21/h2-11H,1H3,(H,20,23). The lowest BCUT2D eigenvalue weighted by atomic mass is 10.1. The number of anilines is 1. The van der Waals surface area contributed by atoms with Crippen LogP contribution in [0.5, 0.6) is 0 Å². The van der Waals surface area contributed by atoms with Gasteiger partial charge in [0.05, 0.1) is 16.3 Å². The van der Waals surface area contributed by atoms with E-state index in [1.807, 2.05) is 24.5 Å². The normalized spacial score (nSPS) is 10.5. The molecule has 0 aliphatic heterocycles. The topological polar surface area (TPSA) is 77.2 Å². The van der Waals surface area contributed by atoms with E-state index in [0.717, 1.165) is 0 Å². The number of hydrogen-bond acceptors (Lipinski definition) is 3. The van der Waals surface area contributed by atoms with Gasteiger partial charge >= 0.3 is 0 Å². The van der Waals surface area contributed by atoms with Crippen LogP contribution >= 0.6 is 11.6 Å². The molecule has 0 fully saturated rings. The Morgan fingerprint density at radius 3 is 2.56 bits per heavy atom. The van der Waals surface area contributed by atoms with E-state index in [0.29, 0.717) is 22.0 Å². The smallest absolute Gasteiger partial charge is 0.285 e. The summed E-state index contributed by atoms with van der Waals surface area (Å²) in [6.07, 6.45) is 3.63. The van der Waals surface area contributed by atoms with Crippen molar-refractivity contribution in [3.05, 3.63) is 87.2 Å². The number of nitro groups is 1. The van der Waals surface area contributed by atoms with Crippen molar-refractivity contribution < 1.29 is 9.72 Å². The summed E-state index contributed by atoms with van der Waals surface area (Å²) in [5.41, 5.74) is 1.41. The van der Waals surface area contributed by atoms with Gasteiger partial charge in [-0.25, -0.2) is 0 Å². The van der Waals surface area contributed by atoms with Crippen LogP contribution in [0.15, 0.2) is 60.9 Å². The van der Waals surface area contributed by atoms with Crippen LogP contribution in [-0.4, -0.2) is 15.4 Å². The highest BCUT2D eigenvalue weighted by Crippen LogP contribution is 2.28. The predicted molar refractivity (Wildman–Crippen MR) is 96.6 cm³/mol. The highest BCUT2D eigenvalue weighted by atomic mass is 35.5. The van der Waals surface area contributed by atoms with Gasteiger partial charge in [-0.15, -0.1) is 0 Å². The van der Waals surface area contributed by atoms with Gasteiger partial charge in [0, 0.05) is 23.0 Å². The summed E-state index contributed by atoms with van der Waals surface area (Å²) in [6, 6.07) is 13.4. The largest absolute Gasteiger partial charge is 0.322 e. The summed E-state index contributed by atoms with van der Waals surface area (Å²) in [6.45, 7) is 1.60. The lowest BCUT2D eigenvalue weighted by molar-refractivity contribution is -0.385. The zero-order valence-corrected chi connectivity index (χ0v) is 14.0. The Morgan fingerprint density at radius 2 is 1.88 bits per heavy atom. The van der Waals surface area contributed by atoms with Gasteiger partial charge in [-0.05, 0) is 43.3 Å². The fourth-order valence-electron chi connectivity index (χ4n) is 2.59. The maximum absolute atomic E-state index is 12.6. The molecule has 0 saturated heterocycles. The predicted octanol–water partition coefficient (Wildman–Crippen LogP) is 4.60. The molecule has 6 nitrogen and oxygen atoms in total. The number of nitrogens with one attached hydrogen (secondary N) is 1. The quantitative estimate of drug-likeness (QED) is 0.548. The summed E-state index contributed by atoms with van der Waals surface area (Å²) < 4.78 is 1.80. The first-order valence-corrected chi connectivity index (χ1v) is 7.83. The first-order chi connectivity index (χ1) is 12.0. The molecule has 0 aliphatic carbocycles. The molecule has 0 saturated carbocycles. The maximum atomic E-state index is 12.6. The summed E-state index contributed by atoms with van der Waals surface area (Å²) >= 11 is 6.06. The zero-order valence-electron chi connectivity index (χ0n) is 13.3. The van der Waals surface area contributed by atoms with Crippen LogP contribution in [0.25, 0.3) is 5.69 Å². The summed E-state index contributed by atoms with van der Waals surface area (Å²) in [5, 5.41) is 14.6. The number of amides is 1. The van der Waals surface area contributed by atoms with E-state index in [2.05, 4.69) is 5.32 Å². The molecule has 1 aromatic heterocycles. The second kappa shape index (κ2) is 6.78. The van der Waals surface area contributed by atoms with Crippen LogP contribution in [-0.2, 0) is 0 Å². The van der Waals surface area contributed by atoms with Gasteiger partial charge in [-0.3, -0.25) is 14.9 Å². The number of hydrogen-bond donors (Lipinski definition) is 1. The molecule has 2 aromatic carbocycles. The maximum Gasteiger partial charge on any atom is 0.285 e. The van der Waals surface area contributed by atoms with E-state index in [4.69, 9.17) is 11.6 Å². The van der Waals surface area contributed by atoms with Gasteiger partial charge in [0.15, 0.2) is 0 Å². The van der Waals surface area contributed by atoms with Crippen molar-refractivity contribution in [3.8, 4) is 5.69 Å². The van der Waals surface area contributed by atoms with Crippen LogP contribution in [0.2, 0.25) is 5.02 Å². The van der Waals surface area contributed by atoms with Gasteiger partial charge in [0.1, 0.15) is 5.56 Å². The Balaban J connectivity index is 2.01. The lowest BCUT2D eigenvalue weighted by Crippen LogP contribution is -2.16. The van der Waals surface area contributed by atoms with Crippen molar-refractivity contribution in [1.82, 2.24) is 4.57 Å². The Kier molecular flexibility index (Phi) is 4.54. The number of carbonyl (C=O) groups is 1. The molecule has 1 amide bonds. The Hall–Kier alpha value is -3.12. The molecule has 0 radical (unpaired) electrons. The number of nitrogens with zero attached hydrogens (tertiary/aromatic N) is 2. The van der Waals surface area contributed by atoms with Crippen molar-refractivity contribution in [2.24, 2.45) is 0 Å². The van der Waals surface area contributed by atoms with E-state index >= 15 is 0 Å². The van der Waals surface area contributed by atoms with E-state index in [-0.39, 0.29) is 11.3 Å². The second-order valence-corrected chi connectivity index (χ2v) is 5.87. The third kappa shape index (κ3) is 3.39. The molecular weight excluding hydrogens is 342 g/mol. The molecule has 7 heteroatoms. The first kappa shape index (κ1) is 16.7. The summed E-state index contributed by atoms with van der Waals surface area (Å²) in [4.78, 5) is 23.4. The van der Waals surface area contributed by atoms with Gasteiger partial charge in [0.25, 0.3) is 11.6 Å². The SMILES string of the molecule is Cc1cccc(C(=O)Nc2ccc(Cl)cc2-n2cccc2)c1[N+](=O)[O-].